The molecule has 0 saturated carbocycles. The molecule has 1 unspecified atom stereocenters. The van der Waals surface area contributed by atoms with Crippen LogP contribution in [0.25, 0.3) is 0 Å². The Kier molecular flexibility index (Phi) is 3.04. The van der Waals surface area contributed by atoms with Crippen LogP contribution in [0.15, 0.2) is 24.3 Å². The van der Waals surface area contributed by atoms with E-state index >= 15 is 0 Å². The zero-order chi connectivity index (χ0) is 11.7. The third kappa shape index (κ3) is 2.17. The van der Waals surface area contributed by atoms with Crippen LogP contribution in [0.4, 0.5) is 5.69 Å². The molecular weight excluding hydrogens is 210 g/mol. The molecule has 0 aliphatic carbocycles. The van der Waals surface area contributed by atoms with E-state index in [-0.39, 0.29) is 0 Å². The maximum atomic E-state index is 3.50. The van der Waals surface area contributed by atoms with Crippen molar-refractivity contribution in [3.63, 3.8) is 0 Å². The number of fused-ring (bicyclic) bond motifs is 1. The van der Waals surface area contributed by atoms with Gasteiger partial charge in [0.1, 0.15) is 0 Å². The molecule has 1 fully saturated rings. The highest BCUT2D eigenvalue weighted by Crippen LogP contribution is 2.34. The number of nitrogens with zero attached hydrogens (tertiary/aromatic N) is 2. The molecule has 3 nitrogen and oxygen atoms in total. The molecule has 3 heteroatoms. The number of rotatable bonds is 1. The van der Waals surface area contributed by atoms with Gasteiger partial charge in [-0.25, -0.2) is 0 Å². The molecule has 1 aromatic carbocycles. The van der Waals surface area contributed by atoms with Gasteiger partial charge in [-0.15, -0.1) is 0 Å². The van der Waals surface area contributed by atoms with Gasteiger partial charge in [0.25, 0.3) is 0 Å². The predicted molar refractivity (Wildman–Crippen MR) is 71.4 cm³/mol. The summed E-state index contributed by atoms with van der Waals surface area (Å²) in [4.78, 5) is 5.07. The summed E-state index contributed by atoms with van der Waals surface area (Å²) in [7, 11) is 2.22. The fourth-order valence-corrected chi connectivity index (χ4v) is 2.96. The fraction of sp³-hybridized carbons (Fsp3) is 0.571. The van der Waals surface area contributed by atoms with Crippen molar-refractivity contribution in [2.45, 2.75) is 12.5 Å². The van der Waals surface area contributed by atoms with Gasteiger partial charge in [-0.3, -0.25) is 4.90 Å². The van der Waals surface area contributed by atoms with Crippen molar-refractivity contribution in [1.29, 1.82) is 0 Å². The Bertz CT molecular complexity index is 383. The molecule has 1 N–H and O–H groups in total. The SMILES string of the molecule is CN1CCN(C2CCNc3ccccc32)CC1. The smallest absolute Gasteiger partial charge is 0.0388 e. The first-order valence-corrected chi connectivity index (χ1v) is 6.60. The fourth-order valence-electron chi connectivity index (χ4n) is 2.96. The summed E-state index contributed by atoms with van der Waals surface area (Å²) in [6, 6.07) is 9.40. The average Bonchev–Trinajstić information content (AvgIpc) is 2.39. The first-order chi connectivity index (χ1) is 8.34. The summed E-state index contributed by atoms with van der Waals surface area (Å²) in [5.74, 6) is 0. The molecule has 0 aromatic heterocycles. The van der Waals surface area contributed by atoms with Gasteiger partial charge in [-0.1, -0.05) is 18.2 Å². The number of benzene rings is 1. The molecule has 3 rings (SSSR count). The second kappa shape index (κ2) is 4.67. The molecule has 17 heavy (non-hydrogen) atoms. The molecule has 1 aromatic rings. The molecule has 0 bridgehead atoms. The van der Waals surface area contributed by atoms with Gasteiger partial charge in [-0.2, -0.15) is 0 Å². The van der Waals surface area contributed by atoms with Gasteiger partial charge >= 0.3 is 0 Å². The quantitative estimate of drug-likeness (QED) is 0.795. The summed E-state index contributed by atoms with van der Waals surface area (Å²) < 4.78 is 0. The maximum absolute atomic E-state index is 3.50. The van der Waals surface area contributed by atoms with Crippen LogP contribution in [0.1, 0.15) is 18.0 Å². The van der Waals surface area contributed by atoms with Gasteiger partial charge in [0.15, 0.2) is 0 Å². The van der Waals surface area contributed by atoms with Crippen LogP contribution in [-0.4, -0.2) is 49.6 Å². The highest BCUT2D eigenvalue weighted by Gasteiger charge is 2.27. The summed E-state index contributed by atoms with van der Waals surface area (Å²) in [6.45, 7) is 5.91. The van der Waals surface area contributed by atoms with Crippen LogP contribution in [-0.2, 0) is 0 Å². The number of nitrogens with one attached hydrogen (secondary N) is 1. The Morgan fingerprint density at radius 1 is 1.12 bits per heavy atom. The lowest BCUT2D eigenvalue weighted by Gasteiger charge is -2.40. The molecule has 0 radical (unpaired) electrons. The van der Waals surface area contributed by atoms with Gasteiger partial charge in [0.2, 0.25) is 0 Å². The summed E-state index contributed by atoms with van der Waals surface area (Å²) in [5.41, 5.74) is 2.82. The van der Waals surface area contributed by atoms with Crippen molar-refractivity contribution in [2.24, 2.45) is 0 Å². The zero-order valence-corrected chi connectivity index (χ0v) is 10.5. The Morgan fingerprint density at radius 3 is 2.71 bits per heavy atom. The van der Waals surface area contributed by atoms with Gasteiger partial charge in [0, 0.05) is 44.5 Å². The van der Waals surface area contributed by atoms with Crippen molar-refractivity contribution in [3.8, 4) is 0 Å². The topological polar surface area (TPSA) is 18.5 Å². The van der Waals surface area contributed by atoms with E-state index in [1.807, 2.05) is 0 Å². The third-order valence-electron chi connectivity index (χ3n) is 4.03. The molecule has 0 amide bonds. The molecule has 0 spiro atoms. The highest BCUT2D eigenvalue weighted by atomic mass is 15.3. The number of anilines is 1. The van der Waals surface area contributed by atoms with E-state index < -0.39 is 0 Å². The standard InChI is InChI=1S/C14H21N3/c1-16-8-10-17(11-9-16)14-6-7-15-13-5-3-2-4-12(13)14/h2-5,14-15H,6-11H2,1H3. The summed E-state index contributed by atoms with van der Waals surface area (Å²) >= 11 is 0. The molecule has 92 valence electrons. The summed E-state index contributed by atoms with van der Waals surface area (Å²) in [5, 5.41) is 3.50. The minimum atomic E-state index is 0.626. The first kappa shape index (κ1) is 11.1. The molecular formula is C14H21N3. The number of hydrogen-bond acceptors (Lipinski definition) is 3. The van der Waals surface area contributed by atoms with Crippen LogP contribution < -0.4 is 5.32 Å². The summed E-state index contributed by atoms with van der Waals surface area (Å²) in [6.07, 6.45) is 1.24. The number of likely N-dealkylation sites (N-methyl/N-ethyl adjacent to an activating group) is 1. The Balaban J connectivity index is 1.80. The number of piperazine rings is 1. The normalized spacial score (nSPS) is 26.3. The second-order valence-electron chi connectivity index (χ2n) is 5.16. The Hall–Kier alpha value is -1.06. The van der Waals surface area contributed by atoms with E-state index in [4.69, 9.17) is 0 Å². The minimum absolute atomic E-state index is 0.626. The molecule has 1 saturated heterocycles. The number of hydrogen-bond donors (Lipinski definition) is 1. The van der Waals surface area contributed by atoms with Crippen molar-refractivity contribution in [2.75, 3.05) is 45.1 Å². The van der Waals surface area contributed by atoms with Crippen LogP contribution >= 0.6 is 0 Å². The molecule has 1 atom stereocenters. The van der Waals surface area contributed by atoms with E-state index in [1.54, 1.807) is 0 Å². The second-order valence-corrected chi connectivity index (χ2v) is 5.16. The average molecular weight is 231 g/mol. The first-order valence-electron chi connectivity index (χ1n) is 6.60. The maximum Gasteiger partial charge on any atom is 0.0388 e. The lowest BCUT2D eigenvalue weighted by Crippen LogP contribution is -2.47. The van der Waals surface area contributed by atoms with E-state index in [9.17, 15) is 0 Å². The third-order valence-corrected chi connectivity index (χ3v) is 4.03. The van der Waals surface area contributed by atoms with Gasteiger partial charge < -0.3 is 10.2 Å². The van der Waals surface area contributed by atoms with Crippen molar-refractivity contribution >= 4 is 5.69 Å². The van der Waals surface area contributed by atoms with Crippen molar-refractivity contribution < 1.29 is 0 Å². The van der Waals surface area contributed by atoms with E-state index in [0.717, 1.165) is 6.54 Å². The minimum Gasteiger partial charge on any atom is -0.385 e. The van der Waals surface area contributed by atoms with E-state index in [0.29, 0.717) is 6.04 Å². The largest absolute Gasteiger partial charge is 0.385 e. The number of para-hydroxylation sites is 1. The van der Waals surface area contributed by atoms with Crippen LogP contribution in [0.2, 0.25) is 0 Å². The Morgan fingerprint density at radius 2 is 1.88 bits per heavy atom. The lowest BCUT2D eigenvalue weighted by molar-refractivity contribution is 0.107. The van der Waals surface area contributed by atoms with Crippen LogP contribution in [0.3, 0.4) is 0 Å². The van der Waals surface area contributed by atoms with Crippen molar-refractivity contribution in [1.82, 2.24) is 9.80 Å². The molecule has 2 heterocycles. The highest BCUT2D eigenvalue weighted by molar-refractivity contribution is 5.54. The zero-order valence-electron chi connectivity index (χ0n) is 10.5. The van der Waals surface area contributed by atoms with Crippen molar-refractivity contribution in [3.05, 3.63) is 29.8 Å². The van der Waals surface area contributed by atoms with Gasteiger partial charge in [-0.05, 0) is 25.1 Å². The van der Waals surface area contributed by atoms with E-state index in [2.05, 4.69) is 46.4 Å². The van der Waals surface area contributed by atoms with Crippen LogP contribution in [0, 0.1) is 0 Å². The molecule has 2 aliphatic heterocycles. The van der Waals surface area contributed by atoms with Crippen LogP contribution in [0.5, 0.6) is 0 Å². The lowest BCUT2D eigenvalue weighted by atomic mass is 9.96. The Labute approximate surface area is 103 Å². The molecule has 2 aliphatic rings. The monoisotopic (exact) mass is 231 g/mol. The van der Waals surface area contributed by atoms with E-state index in [1.165, 1.54) is 43.9 Å². The predicted octanol–water partition coefficient (Wildman–Crippen LogP) is 1.79. The van der Waals surface area contributed by atoms with Gasteiger partial charge in [0.05, 0.1) is 0 Å².